The second-order valence-electron chi connectivity index (χ2n) is 5.15. The van der Waals surface area contributed by atoms with Gasteiger partial charge in [-0.25, -0.2) is 4.98 Å². The monoisotopic (exact) mass is 332 g/mol. The fraction of sp³-hybridized carbons (Fsp3) is 0.533. The first-order valence-corrected chi connectivity index (χ1v) is 7.43. The smallest absolute Gasteiger partial charge is 0.778 e. The minimum Gasteiger partial charge on any atom is -0.778 e. The molecule has 0 unspecified atom stereocenters. The van der Waals surface area contributed by atoms with Crippen molar-refractivity contribution in [3.8, 4) is 11.8 Å². The molecule has 1 aromatic rings. The molecule has 0 aliphatic carbocycles. The third-order valence-electron chi connectivity index (χ3n) is 3.51. The summed E-state index contributed by atoms with van der Waals surface area (Å²) in [6.07, 6.45) is 3.91. The Labute approximate surface area is 174 Å². The molecule has 2 rings (SSSR count). The molecule has 0 radical (unpaired) electrons. The number of halogens is 1. The van der Waals surface area contributed by atoms with E-state index in [0.29, 0.717) is 27.6 Å². The number of piperidine rings is 1. The third kappa shape index (κ3) is 5.22. The molecule has 0 spiro atoms. The minimum absolute atomic E-state index is 0. The van der Waals surface area contributed by atoms with Gasteiger partial charge in [0.2, 0.25) is 0 Å². The average Bonchev–Trinajstić information content (AvgIpc) is 2.41. The molecule has 0 saturated carbocycles. The molecule has 1 aliphatic heterocycles. The van der Waals surface area contributed by atoms with E-state index in [1.807, 2.05) is 0 Å². The van der Waals surface area contributed by atoms with Gasteiger partial charge in [0, 0.05) is 18.2 Å². The number of aromatic nitrogens is 1. The van der Waals surface area contributed by atoms with Gasteiger partial charge in [-0.15, -0.1) is 0 Å². The second-order valence-corrected chi connectivity index (χ2v) is 5.96. The van der Waals surface area contributed by atoms with Crippen LogP contribution in [0.4, 0.5) is 0 Å². The van der Waals surface area contributed by atoms with Crippen molar-refractivity contribution in [1.29, 1.82) is 0 Å². The van der Waals surface area contributed by atoms with Crippen LogP contribution in [0.2, 0.25) is 5.02 Å². The fourth-order valence-corrected chi connectivity index (χ4v) is 2.56. The number of hydrogen-bond donors (Lipinski definition) is 0. The second kappa shape index (κ2) is 9.07. The predicted octanol–water partition coefficient (Wildman–Crippen LogP) is 0.117. The zero-order valence-corrected chi connectivity index (χ0v) is 17.0. The molecule has 1 fully saturated rings. The van der Waals surface area contributed by atoms with Crippen LogP contribution in [-0.2, 0) is 12.6 Å². The van der Waals surface area contributed by atoms with Gasteiger partial charge in [-0.3, -0.25) is 0 Å². The van der Waals surface area contributed by atoms with Crippen molar-refractivity contribution in [2.75, 3.05) is 13.1 Å². The Morgan fingerprint density at radius 1 is 1.40 bits per heavy atom. The van der Waals surface area contributed by atoms with Gasteiger partial charge in [-0.2, -0.15) is 4.90 Å². The van der Waals surface area contributed by atoms with Crippen molar-refractivity contribution in [3.05, 3.63) is 23.0 Å². The van der Waals surface area contributed by atoms with Gasteiger partial charge in [0.1, 0.15) is 5.69 Å². The Morgan fingerprint density at radius 3 is 2.65 bits per heavy atom. The Bertz CT molecular complexity index is 502. The van der Waals surface area contributed by atoms with Crippen molar-refractivity contribution in [2.45, 2.75) is 37.6 Å². The average molecular weight is 333 g/mol. The van der Waals surface area contributed by atoms with E-state index < -0.39 is 0 Å². The van der Waals surface area contributed by atoms with Gasteiger partial charge in [0.05, 0.1) is 5.02 Å². The first kappa shape index (κ1) is 18.9. The molecular formula is C15H18ClKN2S. The van der Waals surface area contributed by atoms with E-state index in [4.69, 9.17) is 24.2 Å². The Hall–Kier alpha value is 0.816. The summed E-state index contributed by atoms with van der Waals surface area (Å²) in [4.78, 5) is 7.30. The number of likely N-dealkylation sites (tertiary alicyclic amines) is 1. The Morgan fingerprint density at radius 2 is 2.05 bits per heavy atom. The summed E-state index contributed by atoms with van der Waals surface area (Å²) in [5.41, 5.74) is 0.612. The van der Waals surface area contributed by atoms with Gasteiger partial charge in [0.15, 0.2) is 0 Å². The largest absolute Gasteiger partial charge is 1.00 e. The standard InChI is InChI=1S/C15H19ClN2S.K/c1-11(2)18-9-6-12(7-10-18)3-4-13-15(16)14(19)5-8-17-13;/h5,8,11-12H,6-7,9-10H2,1-2H3,(H,17,19);/q;+1/p-1. The zero-order chi connectivity index (χ0) is 13.8. The predicted molar refractivity (Wildman–Crippen MR) is 81.2 cm³/mol. The molecule has 1 aliphatic rings. The van der Waals surface area contributed by atoms with E-state index in [2.05, 4.69) is 35.6 Å². The number of hydrogen-bond acceptors (Lipinski definition) is 3. The number of nitrogens with zero attached hydrogens (tertiary/aromatic N) is 2. The summed E-state index contributed by atoms with van der Waals surface area (Å²) < 4.78 is 0. The van der Waals surface area contributed by atoms with Crippen LogP contribution in [0.1, 0.15) is 32.4 Å². The van der Waals surface area contributed by atoms with Crippen molar-refractivity contribution in [3.63, 3.8) is 0 Å². The molecule has 1 saturated heterocycles. The van der Waals surface area contributed by atoms with Crippen LogP contribution in [0.25, 0.3) is 0 Å². The van der Waals surface area contributed by atoms with Crippen LogP contribution < -0.4 is 51.4 Å². The normalized spacial score (nSPS) is 16.4. The molecule has 5 heteroatoms. The molecule has 0 N–H and O–H groups in total. The summed E-state index contributed by atoms with van der Waals surface area (Å²) in [7, 11) is 0. The van der Waals surface area contributed by atoms with Crippen LogP contribution in [0.3, 0.4) is 0 Å². The third-order valence-corrected chi connectivity index (χ3v) is 4.34. The molecule has 2 heterocycles. The molecule has 0 amide bonds. The molecule has 102 valence electrons. The van der Waals surface area contributed by atoms with Gasteiger partial charge in [-0.1, -0.05) is 23.6 Å². The maximum atomic E-state index is 6.10. The Balaban J connectivity index is 0.00000200. The number of rotatable bonds is 1. The zero-order valence-electron chi connectivity index (χ0n) is 12.3. The SMILES string of the molecule is CC(C)N1CCC(C#Cc2nccc([S-])c2Cl)CC1.[K+]. The van der Waals surface area contributed by atoms with Gasteiger partial charge >= 0.3 is 51.4 Å². The van der Waals surface area contributed by atoms with Crippen LogP contribution >= 0.6 is 11.6 Å². The van der Waals surface area contributed by atoms with Crippen molar-refractivity contribution >= 4 is 24.2 Å². The van der Waals surface area contributed by atoms with Crippen molar-refractivity contribution in [2.24, 2.45) is 5.92 Å². The molecule has 2 nitrogen and oxygen atoms in total. The molecule has 20 heavy (non-hydrogen) atoms. The topological polar surface area (TPSA) is 16.1 Å². The van der Waals surface area contributed by atoms with Crippen LogP contribution in [-0.4, -0.2) is 29.0 Å². The van der Waals surface area contributed by atoms with E-state index in [-0.39, 0.29) is 51.4 Å². The van der Waals surface area contributed by atoms with E-state index in [1.54, 1.807) is 12.3 Å². The fourth-order valence-electron chi connectivity index (χ4n) is 2.24. The maximum absolute atomic E-state index is 6.10. The van der Waals surface area contributed by atoms with Crippen molar-refractivity contribution in [1.82, 2.24) is 9.88 Å². The summed E-state index contributed by atoms with van der Waals surface area (Å²) in [5.74, 6) is 6.83. The first-order chi connectivity index (χ1) is 9.08. The van der Waals surface area contributed by atoms with E-state index >= 15 is 0 Å². The molecule has 0 atom stereocenters. The first-order valence-electron chi connectivity index (χ1n) is 6.65. The maximum Gasteiger partial charge on any atom is 1.00 e. The molecule has 1 aromatic heterocycles. The van der Waals surface area contributed by atoms with E-state index in [9.17, 15) is 0 Å². The van der Waals surface area contributed by atoms with E-state index in [0.717, 1.165) is 25.9 Å². The van der Waals surface area contributed by atoms with Crippen LogP contribution in [0.15, 0.2) is 17.2 Å². The summed E-state index contributed by atoms with van der Waals surface area (Å²) >= 11 is 11.2. The molecular weight excluding hydrogens is 315 g/mol. The van der Waals surface area contributed by atoms with Gasteiger partial charge in [-0.05, 0) is 45.7 Å². The summed E-state index contributed by atoms with van der Waals surface area (Å²) in [6, 6.07) is 2.35. The van der Waals surface area contributed by atoms with Crippen molar-refractivity contribution < 1.29 is 51.4 Å². The molecule has 0 bridgehead atoms. The Kier molecular flexibility index (Phi) is 8.55. The van der Waals surface area contributed by atoms with Gasteiger partial charge < -0.3 is 17.5 Å². The summed E-state index contributed by atoms with van der Waals surface area (Å²) in [6.45, 7) is 6.73. The number of pyridine rings is 1. The van der Waals surface area contributed by atoms with Gasteiger partial charge in [0.25, 0.3) is 0 Å². The van der Waals surface area contributed by atoms with Crippen LogP contribution in [0, 0.1) is 17.8 Å². The minimum atomic E-state index is 0. The quantitative estimate of drug-likeness (QED) is 0.413. The molecule has 0 aromatic carbocycles. The van der Waals surface area contributed by atoms with Crippen LogP contribution in [0.5, 0.6) is 0 Å². The summed E-state index contributed by atoms with van der Waals surface area (Å²) in [5, 5.41) is 0.504. The van der Waals surface area contributed by atoms with E-state index in [1.165, 1.54) is 0 Å².